The Balaban J connectivity index is 1.97. The van der Waals surface area contributed by atoms with Crippen molar-refractivity contribution in [1.82, 2.24) is 10.3 Å². The number of nitrogens with one attached hydrogen (secondary N) is 2. The van der Waals surface area contributed by atoms with E-state index < -0.39 is 0 Å². The van der Waals surface area contributed by atoms with Crippen molar-refractivity contribution in [2.45, 2.75) is 33.1 Å². The first-order chi connectivity index (χ1) is 8.75. The van der Waals surface area contributed by atoms with E-state index in [1.807, 2.05) is 0 Å². The number of H-pyrrole nitrogens is 1. The standard InChI is InChI=1S/C16H22N2/c1-11-9-12(2)16-14(5-8-18-16)15(11)10-13-3-6-17-7-4-13/h5,8-9,13,17-18H,3-4,6-7,10H2,1-2H3. The fourth-order valence-electron chi connectivity index (χ4n) is 3.29. The van der Waals surface area contributed by atoms with Gasteiger partial charge in [0.25, 0.3) is 0 Å². The van der Waals surface area contributed by atoms with Crippen LogP contribution in [0.15, 0.2) is 18.3 Å². The predicted octanol–water partition coefficient (Wildman–Crippen LogP) is 3.33. The van der Waals surface area contributed by atoms with Crippen LogP contribution in [0, 0.1) is 19.8 Å². The summed E-state index contributed by atoms with van der Waals surface area (Å²) in [6.45, 7) is 6.83. The Morgan fingerprint density at radius 2 is 1.94 bits per heavy atom. The van der Waals surface area contributed by atoms with Gasteiger partial charge in [-0.15, -0.1) is 0 Å². The smallest absolute Gasteiger partial charge is 0.0486 e. The van der Waals surface area contributed by atoms with E-state index in [-0.39, 0.29) is 0 Å². The number of hydrogen-bond acceptors (Lipinski definition) is 1. The van der Waals surface area contributed by atoms with E-state index in [9.17, 15) is 0 Å². The first-order valence-corrected chi connectivity index (χ1v) is 7.02. The summed E-state index contributed by atoms with van der Waals surface area (Å²) in [4.78, 5) is 3.38. The van der Waals surface area contributed by atoms with Crippen molar-refractivity contribution < 1.29 is 0 Å². The second kappa shape index (κ2) is 4.77. The van der Waals surface area contributed by atoms with Crippen molar-refractivity contribution in [3.05, 3.63) is 35.0 Å². The van der Waals surface area contributed by atoms with E-state index in [1.54, 1.807) is 5.56 Å². The van der Waals surface area contributed by atoms with Gasteiger partial charge in [-0.25, -0.2) is 0 Å². The molecule has 0 amide bonds. The monoisotopic (exact) mass is 242 g/mol. The fourth-order valence-corrected chi connectivity index (χ4v) is 3.29. The van der Waals surface area contributed by atoms with Gasteiger partial charge in [0.1, 0.15) is 0 Å². The molecule has 1 aliphatic heterocycles. The molecule has 2 nitrogen and oxygen atoms in total. The maximum absolute atomic E-state index is 3.45. The quantitative estimate of drug-likeness (QED) is 0.830. The van der Waals surface area contributed by atoms with Crippen molar-refractivity contribution in [2.75, 3.05) is 13.1 Å². The van der Waals surface area contributed by atoms with Gasteiger partial charge in [0.15, 0.2) is 0 Å². The first-order valence-electron chi connectivity index (χ1n) is 7.02. The van der Waals surface area contributed by atoms with Crippen LogP contribution in [0.3, 0.4) is 0 Å². The maximum Gasteiger partial charge on any atom is 0.0486 e. The number of aromatic amines is 1. The summed E-state index contributed by atoms with van der Waals surface area (Å²) in [6, 6.07) is 4.57. The molecule has 2 heteroatoms. The summed E-state index contributed by atoms with van der Waals surface area (Å²) in [5.41, 5.74) is 5.70. The van der Waals surface area contributed by atoms with Crippen molar-refractivity contribution in [1.29, 1.82) is 0 Å². The molecule has 2 heterocycles. The summed E-state index contributed by atoms with van der Waals surface area (Å²) < 4.78 is 0. The lowest BCUT2D eigenvalue weighted by atomic mass is 9.87. The molecule has 3 rings (SSSR count). The van der Waals surface area contributed by atoms with E-state index >= 15 is 0 Å². The largest absolute Gasteiger partial charge is 0.361 e. The van der Waals surface area contributed by atoms with Gasteiger partial charge in [-0.2, -0.15) is 0 Å². The summed E-state index contributed by atoms with van der Waals surface area (Å²) in [5.74, 6) is 0.853. The Morgan fingerprint density at radius 3 is 2.72 bits per heavy atom. The van der Waals surface area contributed by atoms with Crippen LogP contribution in [-0.2, 0) is 6.42 Å². The molecule has 0 aliphatic carbocycles. The molecule has 0 atom stereocenters. The van der Waals surface area contributed by atoms with Gasteiger partial charge in [-0.3, -0.25) is 0 Å². The highest BCUT2D eigenvalue weighted by Gasteiger charge is 2.17. The van der Waals surface area contributed by atoms with Gasteiger partial charge < -0.3 is 10.3 Å². The lowest BCUT2D eigenvalue weighted by Crippen LogP contribution is -2.28. The second-order valence-electron chi connectivity index (χ2n) is 5.65. The number of hydrogen-bond donors (Lipinski definition) is 2. The minimum Gasteiger partial charge on any atom is -0.361 e. The van der Waals surface area contributed by atoms with Gasteiger partial charge >= 0.3 is 0 Å². The van der Waals surface area contributed by atoms with Crippen LogP contribution in [0.25, 0.3) is 10.9 Å². The first kappa shape index (κ1) is 11.8. The van der Waals surface area contributed by atoms with Gasteiger partial charge in [0.2, 0.25) is 0 Å². The normalized spacial score (nSPS) is 17.4. The van der Waals surface area contributed by atoms with Crippen LogP contribution >= 0.6 is 0 Å². The summed E-state index contributed by atoms with van der Waals surface area (Å²) in [7, 11) is 0. The van der Waals surface area contributed by atoms with Gasteiger partial charge in [0.05, 0.1) is 0 Å². The minimum atomic E-state index is 0.853. The third kappa shape index (κ3) is 2.05. The predicted molar refractivity (Wildman–Crippen MR) is 77.1 cm³/mol. The van der Waals surface area contributed by atoms with Gasteiger partial charge in [0, 0.05) is 17.1 Å². The SMILES string of the molecule is Cc1cc(C)c2[nH]ccc2c1CC1CCNCC1. The molecule has 96 valence electrons. The van der Waals surface area contributed by atoms with Crippen molar-refractivity contribution in [2.24, 2.45) is 5.92 Å². The molecule has 0 radical (unpaired) electrons. The molecule has 1 fully saturated rings. The van der Waals surface area contributed by atoms with Crippen LogP contribution < -0.4 is 5.32 Å². The van der Waals surface area contributed by atoms with Crippen LogP contribution in [0.4, 0.5) is 0 Å². The number of piperidine rings is 1. The molecule has 1 aromatic heterocycles. The zero-order valence-corrected chi connectivity index (χ0v) is 11.3. The highest BCUT2D eigenvalue weighted by Crippen LogP contribution is 2.29. The van der Waals surface area contributed by atoms with Crippen LogP contribution in [0.1, 0.15) is 29.5 Å². The third-order valence-corrected chi connectivity index (χ3v) is 4.33. The van der Waals surface area contributed by atoms with Gasteiger partial charge in [-0.1, -0.05) is 6.07 Å². The molecule has 0 unspecified atom stereocenters. The molecule has 18 heavy (non-hydrogen) atoms. The molecular weight excluding hydrogens is 220 g/mol. The number of rotatable bonds is 2. The summed E-state index contributed by atoms with van der Waals surface area (Å²) >= 11 is 0. The molecule has 1 aromatic carbocycles. The third-order valence-electron chi connectivity index (χ3n) is 4.33. The molecule has 2 aromatic rings. The lowest BCUT2D eigenvalue weighted by molar-refractivity contribution is 0.373. The van der Waals surface area contributed by atoms with Crippen LogP contribution in [0.5, 0.6) is 0 Å². The summed E-state index contributed by atoms with van der Waals surface area (Å²) in [5, 5.41) is 4.89. The molecule has 1 aliphatic rings. The number of aryl methyl sites for hydroxylation is 2. The Morgan fingerprint density at radius 1 is 1.17 bits per heavy atom. The Bertz CT molecular complexity index is 547. The molecule has 0 bridgehead atoms. The fraction of sp³-hybridized carbons (Fsp3) is 0.500. The Kier molecular flexibility index (Phi) is 3.13. The minimum absolute atomic E-state index is 0.853. The maximum atomic E-state index is 3.45. The van der Waals surface area contributed by atoms with Gasteiger partial charge in [-0.05, 0) is 74.9 Å². The van der Waals surface area contributed by atoms with E-state index in [0.29, 0.717) is 0 Å². The van der Waals surface area contributed by atoms with E-state index in [4.69, 9.17) is 0 Å². The molecular formula is C16H22N2. The second-order valence-corrected chi connectivity index (χ2v) is 5.65. The average molecular weight is 242 g/mol. The molecule has 1 saturated heterocycles. The van der Waals surface area contributed by atoms with Crippen molar-refractivity contribution in [3.8, 4) is 0 Å². The zero-order valence-electron chi connectivity index (χ0n) is 11.3. The van der Waals surface area contributed by atoms with E-state index in [2.05, 4.69) is 42.5 Å². The zero-order chi connectivity index (χ0) is 12.5. The van der Waals surface area contributed by atoms with E-state index in [0.717, 1.165) is 5.92 Å². The number of benzene rings is 1. The highest BCUT2D eigenvalue weighted by atomic mass is 14.9. The molecule has 0 saturated carbocycles. The summed E-state index contributed by atoms with van der Waals surface area (Å²) in [6.07, 6.45) is 5.95. The number of aromatic nitrogens is 1. The molecule has 0 spiro atoms. The van der Waals surface area contributed by atoms with Crippen molar-refractivity contribution in [3.63, 3.8) is 0 Å². The lowest BCUT2D eigenvalue weighted by Gasteiger charge is -2.24. The highest BCUT2D eigenvalue weighted by molar-refractivity contribution is 5.87. The Hall–Kier alpha value is -1.28. The Labute approximate surface area is 109 Å². The topological polar surface area (TPSA) is 27.8 Å². The van der Waals surface area contributed by atoms with E-state index in [1.165, 1.54) is 54.4 Å². The average Bonchev–Trinajstić information content (AvgIpc) is 2.85. The van der Waals surface area contributed by atoms with Crippen LogP contribution in [-0.4, -0.2) is 18.1 Å². The molecule has 2 N–H and O–H groups in total. The van der Waals surface area contributed by atoms with Crippen LogP contribution in [0.2, 0.25) is 0 Å². The number of fused-ring (bicyclic) bond motifs is 1. The van der Waals surface area contributed by atoms with Crippen molar-refractivity contribution >= 4 is 10.9 Å².